The van der Waals surface area contributed by atoms with E-state index in [1.165, 1.54) is 12.5 Å². The van der Waals surface area contributed by atoms with Gasteiger partial charge in [-0.3, -0.25) is 4.79 Å². The van der Waals surface area contributed by atoms with Crippen LogP contribution in [0.1, 0.15) is 62.6 Å². The molecule has 0 unspecified atom stereocenters. The van der Waals surface area contributed by atoms with Gasteiger partial charge < -0.3 is 9.52 Å². The minimum atomic E-state index is -4.39. The molecule has 0 radical (unpaired) electrons. The quantitative estimate of drug-likeness (QED) is 0.476. The number of carboxylic acid groups (broad SMARTS) is 1. The lowest BCUT2D eigenvalue weighted by molar-refractivity contribution is -0.138. The summed E-state index contributed by atoms with van der Waals surface area (Å²) in [4.78, 5) is 14.6. The molecular weight excluding hydrogens is 359 g/mol. The first-order valence-electron chi connectivity index (χ1n) is 9.19. The molecule has 2 aromatic rings. The van der Waals surface area contributed by atoms with Crippen LogP contribution >= 0.6 is 0 Å². The molecule has 0 bridgehead atoms. The Morgan fingerprint density at radius 2 is 1.70 bits per heavy atom. The van der Waals surface area contributed by atoms with Crippen LogP contribution in [0.2, 0.25) is 0 Å². The van der Waals surface area contributed by atoms with E-state index < -0.39 is 17.7 Å². The highest BCUT2D eigenvalue weighted by Crippen LogP contribution is 2.33. The van der Waals surface area contributed by atoms with Crippen LogP contribution in [0.4, 0.5) is 13.2 Å². The first-order chi connectivity index (χ1) is 12.9. The third kappa shape index (κ3) is 7.07. The number of aromatic nitrogens is 1. The van der Waals surface area contributed by atoms with Crippen molar-refractivity contribution in [1.29, 1.82) is 0 Å². The van der Waals surface area contributed by atoms with Gasteiger partial charge in [0.05, 0.1) is 11.3 Å². The van der Waals surface area contributed by atoms with Gasteiger partial charge in [0.15, 0.2) is 12.2 Å². The predicted molar refractivity (Wildman–Crippen MR) is 95.2 cm³/mol. The van der Waals surface area contributed by atoms with Crippen molar-refractivity contribution in [2.45, 2.75) is 64.0 Å². The summed E-state index contributed by atoms with van der Waals surface area (Å²) in [5.41, 5.74) is 0.358. The number of hydrogen-bond acceptors (Lipinski definition) is 3. The normalized spacial score (nSPS) is 11.7. The lowest BCUT2D eigenvalue weighted by Gasteiger charge is -2.08. The van der Waals surface area contributed by atoms with E-state index in [1.807, 2.05) is 0 Å². The van der Waals surface area contributed by atoms with E-state index in [9.17, 15) is 18.0 Å². The topological polar surface area (TPSA) is 63.3 Å². The Morgan fingerprint density at radius 3 is 2.37 bits per heavy atom. The number of halogens is 3. The fourth-order valence-corrected chi connectivity index (χ4v) is 2.97. The van der Waals surface area contributed by atoms with Crippen LogP contribution in [-0.2, 0) is 17.4 Å². The van der Waals surface area contributed by atoms with Crippen LogP contribution in [-0.4, -0.2) is 16.1 Å². The molecule has 0 saturated carbocycles. The predicted octanol–water partition coefficient (Wildman–Crippen LogP) is 6.11. The Balaban J connectivity index is 1.77. The van der Waals surface area contributed by atoms with Crippen molar-refractivity contribution in [2.24, 2.45) is 0 Å². The highest BCUT2D eigenvalue weighted by Gasteiger charge is 2.30. The van der Waals surface area contributed by atoms with Gasteiger partial charge >= 0.3 is 12.1 Å². The maximum absolute atomic E-state index is 12.9. The van der Waals surface area contributed by atoms with Crippen LogP contribution in [0.25, 0.3) is 11.3 Å². The van der Waals surface area contributed by atoms with E-state index in [-0.39, 0.29) is 6.42 Å². The number of carbonyl (C=O) groups is 1. The van der Waals surface area contributed by atoms with Gasteiger partial charge in [0.25, 0.3) is 0 Å². The molecule has 148 valence electrons. The fourth-order valence-electron chi connectivity index (χ4n) is 2.97. The Morgan fingerprint density at radius 1 is 1.04 bits per heavy atom. The maximum atomic E-state index is 12.9. The molecule has 0 aliphatic heterocycles. The Bertz CT molecular complexity index is 725. The molecule has 1 aromatic carbocycles. The second-order valence-corrected chi connectivity index (χ2v) is 6.58. The molecular formula is C20H24F3NO3. The average molecular weight is 383 g/mol. The smallest absolute Gasteiger partial charge is 0.416 e. The van der Waals surface area contributed by atoms with Crippen LogP contribution in [0.5, 0.6) is 0 Å². The molecule has 0 atom stereocenters. The summed E-state index contributed by atoms with van der Waals surface area (Å²) in [6.07, 6.45) is 4.40. The zero-order chi connectivity index (χ0) is 19.7. The molecule has 0 amide bonds. The molecule has 1 N–H and O–H groups in total. The van der Waals surface area contributed by atoms with Crippen molar-refractivity contribution in [2.75, 3.05) is 0 Å². The zero-order valence-corrected chi connectivity index (χ0v) is 15.1. The number of alkyl halides is 3. The Kier molecular flexibility index (Phi) is 7.88. The number of aryl methyl sites for hydroxylation is 1. The first-order valence-corrected chi connectivity index (χ1v) is 9.19. The maximum Gasteiger partial charge on any atom is 0.416 e. The van der Waals surface area contributed by atoms with Gasteiger partial charge in [0.1, 0.15) is 0 Å². The number of nitrogens with zero attached hydrogens (tertiary/aromatic N) is 1. The molecule has 7 heteroatoms. The molecule has 0 aliphatic rings. The highest BCUT2D eigenvalue weighted by molar-refractivity contribution is 5.66. The first kappa shape index (κ1) is 21.0. The van der Waals surface area contributed by atoms with Crippen molar-refractivity contribution in [3.63, 3.8) is 0 Å². The minimum absolute atomic E-state index is 0.227. The molecule has 1 heterocycles. The van der Waals surface area contributed by atoms with Crippen molar-refractivity contribution in [3.8, 4) is 11.3 Å². The largest absolute Gasteiger partial charge is 0.481 e. The van der Waals surface area contributed by atoms with E-state index in [4.69, 9.17) is 9.52 Å². The number of aliphatic carboxylic acids is 1. The summed E-state index contributed by atoms with van der Waals surface area (Å²) in [7, 11) is 0. The zero-order valence-electron chi connectivity index (χ0n) is 15.1. The highest BCUT2D eigenvalue weighted by atomic mass is 19.4. The van der Waals surface area contributed by atoms with Crippen molar-refractivity contribution >= 4 is 5.97 Å². The van der Waals surface area contributed by atoms with E-state index in [1.54, 1.807) is 6.07 Å². The van der Waals surface area contributed by atoms with Crippen molar-refractivity contribution < 1.29 is 27.5 Å². The number of rotatable bonds is 11. The summed E-state index contributed by atoms with van der Waals surface area (Å²) in [5, 5.41) is 8.57. The Labute approximate surface area is 156 Å². The molecule has 27 heavy (non-hydrogen) atoms. The van der Waals surface area contributed by atoms with Gasteiger partial charge in [-0.15, -0.1) is 0 Å². The average Bonchev–Trinajstić information content (AvgIpc) is 3.08. The number of carboxylic acids is 1. The number of benzene rings is 1. The van der Waals surface area contributed by atoms with E-state index in [2.05, 4.69) is 4.98 Å². The molecule has 0 spiro atoms. The van der Waals surface area contributed by atoms with Crippen molar-refractivity contribution in [3.05, 3.63) is 41.9 Å². The lowest BCUT2D eigenvalue weighted by atomic mass is 10.0. The molecule has 4 nitrogen and oxygen atoms in total. The second kappa shape index (κ2) is 10.1. The molecule has 1 aromatic heterocycles. The standard InChI is InChI=1S/C20H24F3NO3/c21-20(22,23)16-10-8-9-15(13-16)19-17(24-14-27-19)11-6-4-2-1-3-5-7-12-18(25)26/h8-10,13-14H,1-7,11-12H2,(H,25,26). The number of oxazole rings is 1. The lowest BCUT2D eigenvalue weighted by Crippen LogP contribution is -2.04. The molecule has 2 rings (SSSR count). The van der Waals surface area contributed by atoms with Crippen LogP contribution in [0.3, 0.4) is 0 Å². The monoisotopic (exact) mass is 383 g/mol. The molecule has 0 saturated heterocycles. The summed E-state index contributed by atoms with van der Waals surface area (Å²) in [6, 6.07) is 5.09. The second-order valence-electron chi connectivity index (χ2n) is 6.58. The van der Waals surface area contributed by atoms with Gasteiger partial charge in [-0.25, -0.2) is 4.98 Å². The van der Waals surface area contributed by atoms with Crippen LogP contribution in [0.15, 0.2) is 35.1 Å². The van der Waals surface area contributed by atoms with Gasteiger partial charge in [0.2, 0.25) is 0 Å². The minimum Gasteiger partial charge on any atom is -0.481 e. The molecule has 0 aliphatic carbocycles. The summed E-state index contributed by atoms with van der Waals surface area (Å²) in [5.74, 6) is -0.353. The van der Waals surface area contributed by atoms with Crippen LogP contribution in [0, 0.1) is 0 Å². The summed E-state index contributed by atoms with van der Waals surface area (Å²) < 4.78 is 44.0. The van der Waals surface area contributed by atoms with Crippen LogP contribution < -0.4 is 0 Å². The van der Waals surface area contributed by atoms with Gasteiger partial charge in [-0.1, -0.05) is 44.2 Å². The summed E-state index contributed by atoms with van der Waals surface area (Å²) in [6.45, 7) is 0. The molecule has 0 fully saturated rings. The van der Waals surface area contributed by atoms with Crippen molar-refractivity contribution in [1.82, 2.24) is 4.98 Å². The number of hydrogen-bond donors (Lipinski definition) is 1. The van der Waals surface area contributed by atoms with Gasteiger partial charge in [-0.05, 0) is 31.4 Å². The fraction of sp³-hybridized carbons (Fsp3) is 0.500. The summed E-state index contributed by atoms with van der Waals surface area (Å²) >= 11 is 0. The third-order valence-corrected chi connectivity index (χ3v) is 4.40. The number of unbranched alkanes of at least 4 members (excludes halogenated alkanes) is 6. The van der Waals surface area contributed by atoms with Gasteiger partial charge in [0, 0.05) is 12.0 Å². The Hall–Kier alpha value is -2.31. The third-order valence-electron chi connectivity index (χ3n) is 4.40. The van der Waals surface area contributed by atoms with E-state index in [0.29, 0.717) is 29.9 Å². The van der Waals surface area contributed by atoms with E-state index >= 15 is 0 Å². The SMILES string of the molecule is O=C(O)CCCCCCCCCc1ncoc1-c1cccc(C(F)(F)F)c1. The van der Waals surface area contributed by atoms with Gasteiger partial charge in [-0.2, -0.15) is 13.2 Å². The van der Waals surface area contributed by atoms with E-state index in [0.717, 1.165) is 50.7 Å².